The third kappa shape index (κ3) is 3.35. The van der Waals surface area contributed by atoms with E-state index < -0.39 is 0 Å². The van der Waals surface area contributed by atoms with Crippen molar-refractivity contribution in [3.05, 3.63) is 22.6 Å². The SMILES string of the molecule is CCNC(c1ccoc1Br)C1CCCCCC1. The Morgan fingerprint density at radius 1 is 1.35 bits per heavy atom. The molecule has 0 aliphatic heterocycles. The van der Waals surface area contributed by atoms with Crippen LogP contribution in [0, 0.1) is 5.92 Å². The molecule has 2 nitrogen and oxygen atoms in total. The van der Waals surface area contributed by atoms with Gasteiger partial charge in [0.1, 0.15) is 0 Å². The van der Waals surface area contributed by atoms with Gasteiger partial charge in [-0.15, -0.1) is 0 Å². The Bertz CT molecular complexity index is 329. The second-order valence-electron chi connectivity index (χ2n) is 4.94. The number of hydrogen-bond donors (Lipinski definition) is 1. The minimum atomic E-state index is 0.450. The minimum Gasteiger partial charge on any atom is -0.457 e. The molecule has 1 aliphatic carbocycles. The van der Waals surface area contributed by atoms with Gasteiger partial charge in [-0.25, -0.2) is 0 Å². The first-order chi connectivity index (χ1) is 8.33. The van der Waals surface area contributed by atoms with Crippen LogP contribution < -0.4 is 5.32 Å². The molecule has 2 rings (SSSR count). The van der Waals surface area contributed by atoms with Crippen LogP contribution in [0.4, 0.5) is 0 Å². The van der Waals surface area contributed by atoms with Crippen molar-refractivity contribution in [3.8, 4) is 0 Å². The van der Waals surface area contributed by atoms with Gasteiger partial charge in [0.15, 0.2) is 4.67 Å². The maximum Gasteiger partial charge on any atom is 0.173 e. The van der Waals surface area contributed by atoms with Crippen LogP contribution in [0.25, 0.3) is 0 Å². The van der Waals surface area contributed by atoms with E-state index in [-0.39, 0.29) is 0 Å². The first-order valence-electron chi connectivity index (χ1n) is 6.79. The summed E-state index contributed by atoms with van der Waals surface area (Å²) in [5.74, 6) is 0.756. The summed E-state index contributed by atoms with van der Waals surface area (Å²) in [4.78, 5) is 0. The van der Waals surface area contributed by atoms with Gasteiger partial charge in [0.05, 0.1) is 6.26 Å². The molecule has 1 aromatic rings. The van der Waals surface area contributed by atoms with Gasteiger partial charge >= 0.3 is 0 Å². The Hall–Kier alpha value is -0.280. The predicted molar refractivity (Wildman–Crippen MR) is 74.0 cm³/mol. The zero-order valence-corrected chi connectivity index (χ0v) is 12.1. The Labute approximate surface area is 112 Å². The Balaban J connectivity index is 2.13. The van der Waals surface area contributed by atoms with Crippen LogP contribution in [0.2, 0.25) is 0 Å². The van der Waals surface area contributed by atoms with Gasteiger partial charge < -0.3 is 9.73 Å². The van der Waals surface area contributed by atoms with Crippen LogP contribution in [0.5, 0.6) is 0 Å². The van der Waals surface area contributed by atoms with Crippen molar-refractivity contribution in [2.45, 2.75) is 51.5 Å². The molecular formula is C14H22BrNO. The molecule has 0 amide bonds. The maximum absolute atomic E-state index is 5.39. The van der Waals surface area contributed by atoms with E-state index in [0.717, 1.165) is 17.1 Å². The Morgan fingerprint density at radius 3 is 2.59 bits per heavy atom. The minimum absolute atomic E-state index is 0.450. The Morgan fingerprint density at radius 2 is 2.06 bits per heavy atom. The van der Waals surface area contributed by atoms with E-state index in [0.29, 0.717) is 6.04 Å². The lowest BCUT2D eigenvalue weighted by atomic mass is 9.88. The molecule has 1 aliphatic rings. The molecule has 1 saturated carbocycles. The van der Waals surface area contributed by atoms with E-state index in [4.69, 9.17) is 4.42 Å². The van der Waals surface area contributed by atoms with E-state index in [2.05, 4.69) is 34.2 Å². The van der Waals surface area contributed by atoms with Crippen molar-refractivity contribution in [2.24, 2.45) is 5.92 Å². The molecule has 1 unspecified atom stereocenters. The topological polar surface area (TPSA) is 25.2 Å². The van der Waals surface area contributed by atoms with E-state index >= 15 is 0 Å². The van der Waals surface area contributed by atoms with Gasteiger partial charge in [0.2, 0.25) is 0 Å². The van der Waals surface area contributed by atoms with Crippen molar-refractivity contribution in [2.75, 3.05) is 6.54 Å². The monoisotopic (exact) mass is 299 g/mol. The lowest BCUT2D eigenvalue weighted by Crippen LogP contribution is -2.28. The van der Waals surface area contributed by atoms with Crippen LogP contribution in [0.15, 0.2) is 21.4 Å². The van der Waals surface area contributed by atoms with Crippen molar-refractivity contribution < 1.29 is 4.42 Å². The summed E-state index contributed by atoms with van der Waals surface area (Å²) in [6.07, 6.45) is 10.0. The normalized spacial score (nSPS) is 20.1. The highest BCUT2D eigenvalue weighted by Crippen LogP contribution is 2.36. The predicted octanol–water partition coefficient (Wildman–Crippen LogP) is 4.66. The van der Waals surface area contributed by atoms with Crippen LogP contribution in [0.3, 0.4) is 0 Å². The first kappa shape index (κ1) is 13.2. The average Bonchev–Trinajstić information content (AvgIpc) is 2.60. The number of halogens is 1. The van der Waals surface area contributed by atoms with Gasteiger partial charge in [0.25, 0.3) is 0 Å². The fourth-order valence-electron chi connectivity index (χ4n) is 2.92. The van der Waals surface area contributed by atoms with Gasteiger partial charge in [-0.2, -0.15) is 0 Å². The third-order valence-corrected chi connectivity index (χ3v) is 4.42. The maximum atomic E-state index is 5.39. The van der Waals surface area contributed by atoms with Gasteiger partial charge in [0, 0.05) is 11.6 Å². The van der Waals surface area contributed by atoms with Crippen molar-refractivity contribution in [1.82, 2.24) is 5.32 Å². The molecule has 3 heteroatoms. The van der Waals surface area contributed by atoms with Gasteiger partial charge in [-0.3, -0.25) is 0 Å². The number of nitrogens with one attached hydrogen (secondary N) is 1. The highest BCUT2D eigenvalue weighted by molar-refractivity contribution is 9.10. The molecule has 0 aromatic carbocycles. The van der Waals surface area contributed by atoms with Gasteiger partial charge in [-0.1, -0.05) is 32.6 Å². The third-order valence-electron chi connectivity index (χ3n) is 3.78. The second kappa shape index (κ2) is 6.60. The molecule has 1 aromatic heterocycles. The average molecular weight is 300 g/mol. The van der Waals surface area contributed by atoms with Crippen molar-refractivity contribution >= 4 is 15.9 Å². The molecule has 0 radical (unpaired) electrons. The lowest BCUT2D eigenvalue weighted by Gasteiger charge is -2.26. The summed E-state index contributed by atoms with van der Waals surface area (Å²) >= 11 is 3.52. The molecule has 1 fully saturated rings. The van der Waals surface area contributed by atoms with Crippen LogP contribution >= 0.6 is 15.9 Å². The van der Waals surface area contributed by atoms with E-state index in [1.165, 1.54) is 44.1 Å². The van der Waals surface area contributed by atoms with E-state index in [1.807, 2.05) is 0 Å². The van der Waals surface area contributed by atoms with Crippen molar-refractivity contribution in [3.63, 3.8) is 0 Å². The first-order valence-corrected chi connectivity index (χ1v) is 7.58. The summed E-state index contributed by atoms with van der Waals surface area (Å²) in [6, 6.07) is 2.55. The zero-order chi connectivity index (χ0) is 12.1. The number of rotatable bonds is 4. The Kier molecular flexibility index (Phi) is 5.11. The summed E-state index contributed by atoms with van der Waals surface area (Å²) < 4.78 is 6.29. The quantitative estimate of drug-likeness (QED) is 0.818. The molecule has 0 bridgehead atoms. The molecule has 1 atom stereocenters. The lowest BCUT2D eigenvalue weighted by molar-refractivity contribution is 0.326. The van der Waals surface area contributed by atoms with Crippen molar-refractivity contribution in [1.29, 1.82) is 0 Å². The molecule has 0 saturated heterocycles. The highest BCUT2D eigenvalue weighted by Gasteiger charge is 2.26. The molecule has 0 spiro atoms. The molecule has 1 N–H and O–H groups in total. The number of hydrogen-bond acceptors (Lipinski definition) is 2. The van der Waals surface area contributed by atoms with Crippen LogP contribution in [-0.4, -0.2) is 6.54 Å². The highest BCUT2D eigenvalue weighted by atomic mass is 79.9. The molecule has 96 valence electrons. The largest absolute Gasteiger partial charge is 0.457 e. The standard InChI is InChI=1S/C14H22BrNO/c1-2-16-13(12-9-10-17-14(12)15)11-7-5-3-4-6-8-11/h9-11,13,16H,2-8H2,1H3. The summed E-state index contributed by atoms with van der Waals surface area (Å²) in [7, 11) is 0. The van der Waals surface area contributed by atoms with Crippen LogP contribution in [0.1, 0.15) is 57.1 Å². The summed E-state index contributed by atoms with van der Waals surface area (Å²) in [5.41, 5.74) is 1.29. The smallest absolute Gasteiger partial charge is 0.173 e. The summed E-state index contributed by atoms with van der Waals surface area (Å²) in [5, 5.41) is 3.63. The molecular weight excluding hydrogens is 278 g/mol. The number of furan rings is 1. The zero-order valence-electron chi connectivity index (χ0n) is 10.5. The fraction of sp³-hybridized carbons (Fsp3) is 0.714. The van der Waals surface area contributed by atoms with E-state index in [9.17, 15) is 0 Å². The second-order valence-corrected chi connectivity index (χ2v) is 5.66. The fourth-order valence-corrected chi connectivity index (χ4v) is 3.41. The van der Waals surface area contributed by atoms with E-state index in [1.54, 1.807) is 6.26 Å². The van der Waals surface area contributed by atoms with Gasteiger partial charge in [-0.05, 0) is 47.3 Å². The summed E-state index contributed by atoms with van der Waals surface area (Å²) in [6.45, 7) is 3.19. The van der Waals surface area contributed by atoms with Crippen LogP contribution in [-0.2, 0) is 0 Å². The molecule has 17 heavy (non-hydrogen) atoms. The molecule has 1 heterocycles.